The van der Waals surface area contributed by atoms with Crippen molar-refractivity contribution in [2.75, 3.05) is 18.7 Å². The van der Waals surface area contributed by atoms with Crippen LogP contribution in [-0.4, -0.2) is 32.7 Å². The van der Waals surface area contributed by atoms with Gasteiger partial charge in [0, 0.05) is 11.8 Å². The molecule has 0 saturated heterocycles. The van der Waals surface area contributed by atoms with Crippen LogP contribution in [0, 0.1) is 11.3 Å². The second kappa shape index (κ2) is 7.80. The van der Waals surface area contributed by atoms with E-state index in [4.69, 9.17) is 4.74 Å². The summed E-state index contributed by atoms with van der Waals surface area (Å²) in [5.74, 6) is -0.0767. The highest BCUT2D eigenvalue weighted by Crippen LogP contribution is 2.28. The summed E-state index contributed by atoms with van der Waals surface area (Å²) in [4.78, 5) is 16.9. The number of para-hydroxylation sites is 1. The van der Waals surface area contributed by atoms with E-state index in [0.717, 1.165) is 17.6 Å². The largest absolute Gasteiger partial charge is 0.496 e. The van der Waals surface area contributed by atoms with Crippen LogP contribution < -0.4 is 10.1 Å². The highest BCUT2D eigenvalue weighted by Gasteiger charge is 2.15. The Hall–Kier alpha value is -3.22. The number of aromatic nitrogens is 1. The van der Waals surface area contributed by atoms with Crippen molar-refractivity contribution in [3.05, 3.63) is 53.6 Å². The van der Waals surface area contributed by atoms with Crippen molar-refractivity contribution in [3.63, 3.8) is 0 Å². The van der Waals surface area contributed by atoms with Crippen LogP contribution in [0.15, 0.2) is 52.9 Å². The van der Waals surface area contributed by atoms with Crippen molar-refractivity contribution in [2.45, 2.75) is 4.90 Å². The van der Waals surface area contributed by atoms with Crippen molar-refractivity contribution in [1.29, 1.82) is 5.26 Å². The zero-order chi connectivity index (χ0) is 20.3. The Balaban J connectivity index is 1.89. The van der Waals surface area contributed by atoms with Crippen LogP contribution in [-0.2, 0) is 14.6 Å². The van der Waals surface area contributed by atoms with Gasteiger partial charge in [-0.2, -0.15) is 5.26 Å². The van der Waals surface area contributed by atoms with Crippen molar-refractivity contribution < 1.29 is 17.9 Å². The third kappa shape index (κ3) is 4.19. The molecule has 0 spiro atoms. The van der Waals surface area contributed by atoms with Crippen LogP contribution in [0.25, 0.3) is 16.3 Å². The number of hydrogen-bond acceptors (Lipinski definition) is 7. The summed E-state index contributed by atoms with van der Waals surface area (Å²) < 4.78 is 29.2. The smallest absolute Gasteiger partial charge is 0.268 e. The molecule has 0 fully saturated rings. The monoisotopic (exact) mass is 413 g/mol. The molecule has 0 radical (unpaired) electrons. The topological polar surface area (TPSA) is 109 Å². The Labute approximate surface area is 165 Å². The first-order chi connectivity index (χ1) is 13.3. The Kier molecular flexibility index (Phi) is 5.44. The van der Waals surface area contributed by atoms with E-state index in [-0.39, 0.29) is 15.6 Å². The number of sulfone groups is 1. The van der Waals surface area contributed by atoms with E-state index in [2.05, 4.69) is 10.3 Å². The summed E-state index contributed by atoms with van der Waals surface area (Å²) in [6.45, 7) is 0. The fourth-order valence-corrected chi connectivity index (χ4v) is 4.07. The zero-order valence-corrected chi connectivity index (χ0v) is 16.6. The highest BCUT2D eigenvalue weighted by atomic mass is 32.2. The number of rotatable bonds is 5. The molecule has 1 aromatic heterocycles. The number of nitrogens with zero attached hydrogens (tertiary/aromatic N) is 2. The minimum atomic E-state index is -3.34. The molecule has 9 heteroatoms. The first kappa shape index (κ1) is 19.5. The van der Waals surface area contributed by atoms with Gasteiger partial charge in [0.1, 0.15) is 17.4 Å². The van der Waals surface area contributed by atoms with Crippen LogP contribution in [0.5, 0.6) is 5.75 Å². The Morgan fingerprint density at radius 1 is 1.29 bits per heavy atom. The predicted molar refractivity (Wildman–Crippen MR) is 108 cm³/mol. The lowest BCUT2D eigenvalue weighted by atomic mass is 10.1. The van der Waals surface area contributed by atoms with Crippen molar-refractivity contribution in [2.24, 2.45) is 0 Å². The molecule has 1 amide bonds. The van der Waals surface area contributed by atoms with Crippen LogP contribution in [0.1, 0.15) is 5.56 Å². The maximum Gasteiger partial charge on any atom is 0.268 e. The number of nitrogens with one attached hydrogen (secondary N) is 1. The number of benzene rings is 2. The summed E-state index contributed by atoms with van der Waals surface area (Å²) in [5.41, 5.74) is 1.04. The lowest BCUT2D eigenvalue weighted by Gasteiger charge is -2.05. The average molecular weight is 413 g/mol. The Morgan fingerprint density at radius 2 is 2.04 bits per heavy atom. The van der Waals surface area contributed by atoms with Gasteiger partial charge in [0.2, 0.25) is 0 Å². The van der Waals surface area contributed by atoms with Crippen LogP contribution in [0.3, 0.4) is 0 Å². The number of carbonyl (C=O) groups is 1. The lowest BCUT2D eigenvalue weighted by molar-refractivity contribution is -0.112. The van der Waals surface area contributed by atoms with Gasteiger partial charge in [-0.3, -0.25) is 10.1 Å². The van der Waals surface area contributed by atoms with Gasteiger partial charge in [-0.05, 0) is 30.3 Å². The molecule has 0 aliphatic heterocycles. The number of nitriles is 1. The molecule has 2 aromatic carbocycles. The van der Waals surface area contributed by atoms with Gasteiger partial charge in [0.05, 0.1) is 22.2 Å². The van der Waals surface area contributed by atoms with Crippen molar-refractivity contribution in [3.8, 4) is 11.8 Å². The number of anilines is 1. The van der Waals surface area contributed by atoms with E-state index in [0.29, 0.717) is 21.5 Å². The molecule has 3 rings (SSSR count). The van der Waals surface area contributed by atoms with Gasteiger partial charge in [-0.25, -0.2) is 13.4 Å². The highest BCUT2D eigenvalue weighted by molar-refractivity contribution is 7.90. The van der Waals surface area contributed by atoms with E-state index in [1.54, 1.807) is 30.3 Å². The Morgan fingerprint density at radius 3 is 2.71 bits per heavy atom. The van der Waals surface area contributed by atoms with Gasteiger partial charge in [-0.1, -0.05) is 29.5 Å². The molecule has 142 valence electrons. The molecule has 0 bridgehead atoms. The van der Waals surface area contributed by atoms with Gasteiger partial charge in [-0.15, -0.1) is 0 Å². The SMILES string of the molecule is COc1ccccc1/C=C(\C#N)C(=O)Nc1nc2ccc(S(C)(=O)=O)cc2s1. The number of amides is 1. The van der Waals surface area contributed by atoms with Gasteiger partial charge in [0.25, 0.3) is 5.91 Å². The van der Waals surface area contributed by atoms with Crippen LogP contribution in [0.4, 0.5) is 5.13 Å². The minimum Gasteiger partial charge on any atom is -0.496 e. The van der Waals surface area contributed by atoms with Gasteiger partial charge >= 0.3 is 0 Å². The maximum absolute atomic E-state index is 12.5. The number of ether oxygens (including phenoxy) is 1. The summed E-state index contributed by atoms with van der Waals surface area (Å²) in [5, 5.41) is 12.2. The van der Waals surface area contributed by atoms with E-state index < -0.39 is 15.7 Å². The second-order valence-corrected chi connectivity index (χ2v) is 8.83. The molecule has 7 nitrogen and oxygen atoms in total. The first-order valence-electron chi connectivity index (χ1n) is 7.98. The number of thiazole rings is 1. The number of fused-ring (bicyclic) bond motifs is 1. The first-order valence-corrected chi connectivity index (χ1v) is 10.7. The summed E-state index contributed by atoms with van der Waals surface area (Å²) in [6.07, 6.45) is 2.56. The summed E-state index contributed by atoms with van der Waals surface area (Å²) >= 11 is 1.13. The number of carbonyl (C=O) groups excluding carboxylic acids is 1. The third-order valence-corrected chi connectivity index (χ3v) is 5.86. The molecule has 1 N–H and O–H groups in total. The van der Waals surface area contributed by atoms with Crippen molar-refractivity contribution in [1.82, 2.24) is 4.98 Å². The van der Waals surface area contributed by atoms with Crippen molar-refractivity contribution >= 4 is 48.5 Å². The van der Waals surface area contributed by atoms with Gasteiger partial charge in [0.15, 0.2) is 15.0 Å². The van der Waals surface area contributed by atoms with Crippen LogP contribution in [0.2, 0.25) is 0 Å². The molecule has 0 saturated carbocycles. The average Bonchev–Trinajstić information content (AvgIpc) is 3.06. The standard InChI is InChI=1S/C19H15N3O4S2/c1-26-16-6-4-3-5-12(16)9-13(11-20)18(23)22-19-21-15-8-7-14(28(2,24)25)10-17(15)27-19/h3-10H,1-2H3,(H,21,22,23)/b13-9+. The fraction of sp³-hybridized carbons (Fsp3) is 0.105. The predicted octanol–water partition coefficient (Wildman–Crippen LogP) is 3.25. The minimum absolute atomic E-state index is 0.111. The van der Waals surface area contributed by atoms with Gasteiger partial charge < -0.3 is 4.74 Å². The molecule has 1 heterocycles. The molecular weight excluding hydrogens is 398 g/mol. The fourth-order valence-electron chi connectivity index (χ4n) is 2.44. The molecular formula is C19H15N3O4S2. The zero-order valence-electron chi connectivity index (χ0n) is 15.0. The lowest BCUT2D eigenvalue weighted by Crippen LogP contribution is -2.13. The van der Waals surface area contributed by atoms with E-state index >= 15 is 0 Å². The summed E-state index contributed by atoms with van der Waals surface area (Å²) in [7, 11) is -1.83. The van der Waals surface area contributed by atoms with E-state index in [1.165, 1.54) is 25.3 Å². The summed E-state index contributed by atoms with van der Waals surface area (Å²) in [6, 6.07) is 13.4. The molecule has 0 unspecified atom stereocenters. The second-order valence-electron chi connectivity index (χ2n) is 5.79. The number of methoxy groups -OCH3 is 1. The molecule has 3 aromatic rings. The normalized spacial score (nSPS) is 11.8. The Bertz CT molecular complexity index is 1240. The third-order valence-electron chi connectivity index (χ3n) is 3.81. The maximum atomic E-state index is 12.5. The molecule has 28 heavy (non-hydrogen) atoms. The quantitative estimate of drug-likeness (QED) is 0.508. The molecule has 0 atom stereocenters. The molecule has 0 aliphatic rings. The van der Waals surface area contributed by atoms with E-state index in [1.807, 2.05) is 6.07 Å². The van der Waals surface area contributed by atoms with Crippen LogP contribution >= 0.6 is 11.3 Å². The molecule has 0 aliphatic carbocycles. The van der Waals surface area contributed by atoms with E-state index in [9.17, 15) is 18.5 Å². The number of hydrogen-bond donors (Lipinski definition) is 1.